The molecule has 1 atom stereocenters. The lowest BCUT2D eigenvalue weighted by Gasteiger charge is -2.19. The highest BCUT2D eigenvalue weighted by atomic mass is 32.2. The molecule has 5 nitrogen and oxygen atoms in total. The van der Waals surface area contributed by atoms with Gasteiger partial charge in [0, 0.05) is 19.1 Å². The van der Waals surface area contributed by atoms with Crippen molar-refractivity contribution < 1.29 is 8.42 Å². The molecule has 6 heteroatoms. The minimum Gasteiger partial charge on any atom is -0.316 e. The summed E-state index contributed by atoms with van der Waals surface area (Å²) >= 11 is 0. The van der Waals surface area contributed by atoms with Gasteiger partial charge in [0.25, 0.3) is 0 Å². The van der Waals surface area contributed by atoms with E-state index in [4.69, 9.17) is 0 Å². The summed E-state index contributed by atoms with van der Waals surface area (Å²) < 4.78 is 27.6. The third-order valence-electron chi connectivity index (χ3n) is 3.05. The summed E-state index contributed by atoms with van der Waals surface area (Å²) in [5.41, 5.74) is 1.79. The number of nitrogens with one attached hydrogen (secondary N) is 2. The molecule has 1 aromatic rings. The van der Waals surface area contributed by atoms with Crippen LogP contribution in [0.3, 0.4) is 0 Å². The maximum Gasteiger partial charge on any atom is 0.241 e. The van der Waals surface area contributed by atoms with E-state index < -0.39 is 10.0 Å². The van der Waals surface area contributed by atoms with Crippen molar-refractivity contribution in [2.75, 3.05) is 27.7 Å². The number of nitrogens with zero attached hydrogens (tertiary/aromatic N) is 1. The van der Waals surface area contributed by atoms with Gasteiger partial charge < -0.3 is 10.2 Å². The number of likely N-dealkylation sites (N-methyl/N-ethyl adjacent to an activating group) is 1. The fourth-order valence-corrected chi connectivity index (χ4v) is 3.77. The van der Waals surface area contributed by atoms with Crippen molar-refractivity contribution in [2.24, 2.45) is 0 Å². The Bertz CT molecular complexity index is 541. The van der Waals surface area contributed by atoms with Crippen LogP contribution in [0.25, 0.3) is 0 Å². The average molecular weight is 299 g/mol. The second-order valence-corrected chi connectivity index (χ2v) is 7.04. The lowest BCUT2D eigenvalue weighted by molar-refractivity contribution is 0.370. The quantitative estimate of drug-likeness (QED) is 0.787. The predicted molar refractivity (Wildman–Crippen MR) is 82.3 cm³/mol. The molecule has 2 N–H and O–H groups in total. The number of sulfonamides is 1. The molecule has 0 bridgehead atoms. The van der Waals surface area contributed by atoms with E-state index in [1.807, 2.05) is 46.0 Å². The predicted octanol–water partition coefficient (Wildman–Crippen LogP) is 0.943. The van der Waals surface area contributed by atoms with Crippen LogP contribution in [0.15, 0.2) is 23.1 Å². The van der Waals surface area contributed by atoms with Crippen molar-refractivity contribution in [1.82, 2.24) is 14.9 Å². The summed E-state index contributed by atoms with van der Waals surface area (Å²) in [6.07, 6.45) is 0. The number of hydrogen-bond acceptors (Lipinski definition) is 4. The summed E-state index contributed by atoms with van der Waals surface area (Å²) in [4.78, 5) is 2.31. The van der Waals surface area contributed by atoms with Crippen LogP contribution in [0, 0.1) is 6.92 Å². The molecule has 0 aliphatic heterocycles. The van der Waals surface area contributed by atoms with Gasteiger partial charge in [0.15, 0.2) is 0 Å². The summed E-state index contributed by atoms with van der Waals surface area (Å²) in [5, 5.41) is 3.05. The van der Waals surface area contributed by atoms with E-state index in [1.165, 1.54) is 0 Å². The molecule has 114 valence electrons. The Labute approximate surface area is 122 Å². The normalized spacial score (nSPS) is 13.7. The third kappa shape index (κ3) is 4.56. The molecule has 1 unspecified atom stereocenters. The first-order valence-electron chi connectivity index (χ1n) is 6.68. The van der Waals surface area contributed by atoms with Crippen molar-refractivity contribution in [3.8, 4) is 0 Å². The second-order valence-electron chi connectivity index (χ2n) is 5.36. The largest absolute Gasteiger partial charge is 0.316 e. The molecule has 0 aliphatic carbocycles. The minimum absolute atomic E-state index is 0.137. The third-order valence-corrected chi connectivity index (χ3v) is 4.78. The van der Waals surface area contributed by atoms with E-state index >= 15 is 0 Å². The maximum atomic E-state index is 12.5. The molecule has 0 saturated carbocycles. The molecule has 1 rings (SSSR count). The summed E-state index contributed by atoms with van der Waals surface area (Å²) in [6.45, 7) is 5.03. The first-order valence-corrected chi connectivity index (χ1v) is 8.16. The van der Waals surface area contributed by atoms with Crippen molar-refractivity contribution in [3.63, 3.8) is 0 Å². The minimum atomic E-state index is -3.48. The molecule has 0 heterocycles. The second kappa shape index (κ2) is 7.17. The van der Waals surface area contributed by atoms with Gasteiger partial charge in [0.05, 0.1) is 4.90 Å². The zero-order chi connectivity index (χ0) is 15.3. The highest BCUT2D eigenvalue weighted by Gasteiger charge is 2.20. The van der Waals surface area contributed by atoms with Gasteiger partial charge >= 0.3 is 0 Å². The van der Waals surface area contributed by atoms with Gasteiger partial charge in [0.2, 0.25) is 10.0 Å². The molecule has 0 radical (unpaired) electrons. The Morgan fingerprint density at radius 3 is 2.50 bits per heavy atom. The van der Waals surface area contributed by atoms with Crippen LogP contribution in [0.5, 0.6) is 0 Å². The van der Waals surface area contributed by atoms with Crippen LogP contribution < -0.4 is 10.0 Å². The van der Waals surface area contributed by atoms with Crippen LogP contribution in [-0.2, 0) is 16.6 Å². The van der Waals surface area contributed by atoms with Crippen LogP contribution in [-0.4, -0.2) is 47.0 Å². The van der Waals surface area contributed by atoms with Gasteiger partial charge in [-0.05, 0) is 52.2 Å². The molecule has 0 saturated heterocycles. The topological polar surface area (TPSA) is 61.4 Å². The molecular weight excluding hydrogens is 274 g/mol. The standard InChI is InChI=1S/C14H25N3O2S/c1-11(10-17(4)5)16-20(18,19)14-8-6-7-13(9-15-3)12(14)2/h6-8,11,15-16H,9-10H2,1-5H3. The molecular formula is C14H25N3O2S. The maximum absolute atomic E-state index is 12.5. The first kappa shape index (κ1) is 17.1. The molecule has 0 aromatic heterocycles. The Morgan fingerprint density at radius 1 is 1.30 bits per heavy atom. The fourth-order valence-electron chi connectivity index (χ4n) is 2.25. The number of benzene rings is 1. The average Bonchev–Trinajstić information content (AvgIpc) is 2.29. The van der Waals surface area contributed by atoms with Crippen molar-refractivity contribution >= 4 is 10.0 Å². The van der Waals surface area contributed by atoms with E-state index in [1.54, 1.807) is 12.1 Å². The number of hydrogen-bond donors (Lipinski definition) is 2. The van der Waals surface area contributed by atoms with Gasteiger partial charge in [-0.3, -0.25) is 0 Å². The van der Waals surface area contributed by atoms with E-state index in [0.29, 0.717) is 18.0 Å². The SMILES string of the molecule is CNCc1cccc(S(=O)(=O)NC(C)CN(C)C)c1C. The Morgan fingerprint density at radius 2 is 1.95 bits per heavy atom. The molecule has 20 heavy (non-hydrogen) atoms. The summed E-state index contributed by atoms with van der Waals surface area (Å²) in [6, 6.07) is 5.24. The van der Waals surface area contributed by atoms with Crippen LogP contribution in [0.2, 0.25) is 0 Å². The van der Waals surface area contributed by atoms with Crippen molar-refractivity contribution in [1.29, 1.82) is 0 Å². The highest BCUT2D eigenvalue weighted by molar-refractivity contribution is 7.89. The monoisotopic (exact) mass is 299 g/mol. The molecule has 0 fully saturated rings. The Hall–Kier alpha value is -0.950. The first-order chi connectivity index (χ1) is 9.27. The van der Waals surface area contributed by atoms with Gasteiger partial charge in [-0.25, -0.2) is 13.1 Å². The zero-order valence-electron chi connectivity index (χ0n) is 12.9. The van der Waals surface area contributed by atoms with Crippen molar-refractivity contribution in [3.05, 3.63) is 29.3 Å². The Kier molecular flexibility index (Phi) is 6.13. The van der Waals surface area contributed by atoms with E-state index in [9.17, 15) is 8.42 Å². The lowest BCUT2D eigenvalue weighted by Crippen LogP contribution is -2.39. The van der Waals surface area contributed by atoms with Gasteiger partial charge in [-0.1, -0.05) is 12.1 Å². The highest BCUT2D eigenvalue weighted by Crippen LogP contribution is 2.19. The zero-order valence-corrected chi connectivity index (χ0v) is 13.7. The fraction of sp³-hybridized carbons (Fsp3) is 0.571. The van der Waals surface area contributed by atoms with Crippen LogP contribution in [0.4, 0.5) is 0 Å². The van der Waals surface area contributed by atoms with Crippen LogP contribution >= 0.6 is 0 Å². The van der Waals surface area contributed by atoms with E-state index in [2.05, 4.69) is 10.0 Å². The van der Waals surface area contributed by atoms with Crippen molar-refractivity contribution in [2.45, 2.75) is 31.3 Å². The van der Waals surface area contributed by atoms with E-state index in [-0.39, 0.29) is 6.04 Å². The molecule has 0 aliphatic rings. The number of rotatable bonds is 7. The van der Waals surface area contributed by atoms with Gasteiger partial charge in [-0.15, -0.1) is 0 Å². The lowest BCUT2D eigenvalue weighted by atomic mass is 10.1. The van der Waals surface area contributed by atoms with Gasteiger partial charge in [0.1, 0.15) is 0 Å². The molecule has 0 amide bonds. The Balaban J connectivity index is 3.01. The van der Waals surface area contributed by atoms with E-state index in [0.717, 1.165) is 11.1 Å². The molecule has 0 spiro atoms. The van der Waals surface area contributed by atoms with Crippen LogP contribution in [0.1, 0.15) is 18.1 Å². The summed E-state index contributed by atoms with van der Waals surface area (Å²) in [5.74, 6) is 0. The molecule has 1 aromatic carbocycles. The summed E-state index contributed by atoms with van der Waals surface area (Å²) in [7, 11) is 2.20. The smallest absolute Gasteiger partial charge is 0.241 e. The van der Waals surface area contributed by atoms with Gasteiger partial charge in [-0.2, -0.15) is 0 Å².